The topological polar surface area (TPSA) is 66.5 Å². The Morgan fingerprint density at radius 2 is 1.83 bits per heavy atom. The van der Waals surface area contributed by atoms with Gasteiger partial charge < -0.3 is 5.32 Å². The number of hydrogen-bond donors (Lipinski definition) is 1. The highest BCUT2D eigenvalue weighted by atomic mass is 19.1. The molecule has 1 aromatic carbocycles. The summed E-state index contributed by atoms with van der Waals surface area (Å²) in [6, 6.07) is 4.47. The zero-order chi connectivity index (χ0) is 17.3. The molecule has 128 valence electrons. The summed E-state index contributed by atoms with van der Waals surface area (Å²) in [6.45, 7) is 1.73. The monoisotopic (exact) mass is 332 g/mol. The number of nitrogens with zero attached hydrogens (tertiary/aromatic N) is 1. The van der Waals surface area contributed by atoms with Crippen LogP contribution in [0.1, 0.15) is 37.7 Å². The third-order valence-corrected chi connectivity index (χ3v) is 4.95. The molecule has 1 aliphatic carbocycles. The van der Waals surface area contributed by atoms with E-state index >= 15 is 0 Å². The molecule has 0 unspecified atom stereocenters. The standard InChI is InChI=1S/C18H21FN2O3/c1-11-6-7-12(10-15(11)19)20-16(22)8-9-21-17(23)13-4-2-3-5-14(13)18(21)24/h6-7,10,13-14H,2-5,8-9H2,1H3,(H,20,22)/t13-,14+. The summed E-state index contributed by atoms with van der Waals surface area (Å²) < 4.78 is 13.5. The molecule has 1 aromatic rings. The first-order valence-electron chi connectivity index (χ1n) is 8.38. The number of anilines is 1. The Kier molecular flexibility index (Phi) is 4.64. The average Bonchev–Trinajstić information content (AvgIpc) is 2.81. The molecular weight excluding hydrogens is 311 g/mol. The number of fused-ring (bicyclic) bond motifs is 1. The van der Waals surface area contributed by atoms with Crippen LogP contribution in [0, 0.1) is 24.6 Å². The van der Waals surface area contributed by atoms with Gasteiger partial charge in [0.2, 0.25) is 17.7 Å². The van der Waals surface area contributed by atoms with Crippen LogP contribution >= 0.6 is 0 Å². The van der Waals surface area contributed by atoms with Crippen molar-refractivity contribution in [3.05, 3.63) is 29.6 Å². The van der Waals surface area contributed by atoms with Crippen molar-refractivity contribution in [1.82, 2.24) is 4.90 Å². The molecule has 0 aromatic heterocycles. The van der Waals surface area contributed by atoms with Crippen LogP contribution in [0.3, 0.4) is 0 Å². The third-order valence-electron chi connectivity index (χ3n) is 4.95. The normalized spacial score (nSPS) is 23.3. The van der Waals surface area contributed by atoms with Crippen LogP contribution < -0.4 is 5.32 Å². The number of carbonyl (C=O) groups excluding carboxylic acids is 3. The molecule has 2 atom stereocenters. The highest BCUT2D eigenvalue weighted by Gasteiger charge is 2.47. The molecule has 5 nitrogen and oxygen atoms in total. The summed E-state index contributed by atoms with van der Waals surface area (Å²) in [5, 5.41) is 2.60. The van der Waals surface area contributed by atoms with Crippen LogP contribution in [0.5, 0.6) is 0 Å². The van der Waals surface area contributed by atoms with E-state index in [1.165, 1.54) is 11.0 Å². The smallest absolute Gasteiger partial charge is 0.233 e. The first-order chi connectivity index (χ1) is 11.5. The summed E-state index contributed by atoms with van der Waals surface area (Å²) in [5.41, 5.74) is 0.875. The van der Waals surface area contributed by atoms with Gasteiger partial charge in [-0.2, -0.15) is 0 Å². The summed E-state index contributed by atoms with van der Waals surface area (Å²) in [6.07, 6.45) is 3.51. The van der Waals surface area contributed by atoms with E-state index in [-0.39, 0.29) is 48.3 Å². The first kappa shape index (κ1) is 16.6. The molecule has 1 saturated heterocycles. The molecule has 6 heteroatoms. The van der Waals surface area contributed by atoms with Crippen molar-refractivity contribution >= 4 is 23.4 Å². The molecule has 2 fully saturated rings. The molecular formula is C18H21FN2O3. The van der Waals surface area contributed by atoms with Gasteiger partial charge in [-0.15, -0.1) is 0 Å². The molecule has 2 aliphatic rings. The number of imide groups is 1. The van der Waals surface area contributed by atoms with Gasteiger partial charge in [0.25, 0.3) is 0 Å². The lowest BCUT2D eigenvalue weighted by Gasteiger charge is -2.19. The minimum absolute atomic E-state index is 0.0203. The van der Waals surface area contributed by atoms with Crippen molar-refractivity contribution in [2.45, 2.75) is 39.0 Å². The van der Waals surface area contributed by atoms with E-state index < -0.39 is 0 Å². The van der Waals surface area contributed by atoms with Crippen LogP contribution in [0.15, 0.2) is 18.2 Å². The van der Waals surface area contributed by atoms with Gasteiger partial charge in [-0.1, -0.05) is 18.9 Å². The zero-order valence-corrected chi connectivity index (χ0v) is 13.7. The van der Waals surface area contributed by atoms with Crippen LogP contribution in [0.25, 0.3) is 0 Å². The Hall–Kier alpha value is -2.24. The predicted molar refractivity (Wildman–Crippen MR) is 86.6 cm³/mol. The number of benzene rings is 1. The van der Waals surface area contributed by atoms with Gasteiger partial charge in [-0.05, 0) is 37.5 Å². The Balaban J connectivity index is 1.57. The summed E-state index contributed by atoms with van der Waals surface area (Å²) in [4.78, 5) is 37.9. The fourth-order valence-electron chi connectivity index (χ4n) is 3.56. The number of hydrogen-bond acceptors (Lipinski definition) is 3. The molecule has 0 radical (unpaired) electrons. The van der Waals surface area contributed by atoms with Crippen LogP contribution in [-0.2, 0) is 14.4 Å². The zero-order valence-electron chi connectivity index (χ0n) is 13.7. The molecule has 3 amide bonds. The van der Waals surface area contributed by atoms with E-state index in [0.29, 0.717) is 11.3 Å². The van der Waals surface area contributed by atoms with Crippen molar-refractivity contribution in [2.75, 3.05) is 11.9 Å². The molecule has 0 bridgehead atoms. The average molecular weight is 332 g/mol. The number of aryl methyl sites for hydroxylation is 1. The molecule has 1 saturated carbocycles. The Bertz CT molecular complexity index is 665. The maximum atomic E-state index is 13.5. The second kappa shape index (κ2) is 6.71. The highest BCUT2D eigenvalue weighted by molar-refractivity contribution is 6.05. The Labute approximate surface area is 140 Å². The van der Waals surface area contributed by atoms with Crippen molar-refractivity contribution in [1.29, 1.82) is 0 Å². The van der Waals surface area contributed by atoms with Gasteiger partial charge >= 0.3 is 0 Å². The lowest BCUT2D eigenvalue weighted by molar-refractivity contribution is -0.140. The lowest BCUT2D eigenvalue weighted by Crippen LogP contribution is -2.34. The van der Waals surface area contributed by atoms with E-state index in [4.69, 9.17) is 0 Å². The second-order valence-corrected chi connectivity index (χ2v) is 6.59. The first-order valence-corrected chi connectivity index (χ1v) is 8.38. The molecule has 24 heavy (non-hydrogen) atoms. The second-order valence-electron chi connectivity index (χ2n) is 6.59. The fraction of sp³-hybridized carbons (Fsp3) is 0.500. The maximum absolute atomic E-state index is 13.5. The maximum Gasteiger partial charge on any atom is 0.233 e. The van der Waals surface area contributed by atoms with E-state index in [9.17, 15) is 18.8 Å². The summed E-state index contributed by atoms with van der Waals surface area (Å²) >= 11 is 0. The Morgan fingerprint density at radius 3 is 2.42 bits per heavy atom. The van der Waals surface area contributed by atoms with Crippen molar-refractivity contribution in [2.24, 2.45) is 11.8 Å². The Morgan fingerprint density at radius 1 is 1.21 bits per heavy atom. The van der Waals surface area contributed by atoms with Crippen molar-refractivity contribution in [3.63, 3.8) is 0 Å². The fourth-order valence-corrected chi connectivity index (χ4v) is 3.56. The van der Waals surface area contributed by atoms with Crippen molar-refractivity contribution < 1.29 is 18.8 Å². The van der Waals surface area contributed by atoms with Crippen LogP contribution in [0.4, 0.5) is 10.1 Å². The number of likely N-dealkylation sites (tertiary alicyclic amines) is 1. The molecule has 3 rings (SSSR count). The van der Waals surface area contributed by atoms with Gasteiger partial charge in [-0.25, -0.2) is 4.39 Å². The number of rotatable bonds is 4. The SMILES string of the molecule is Cc1ccc(NC(=O)CCN2C(=O)[C@H]3CCCC[C@H]3C2=O)cc1F. The minimum Gasteiger partial charge on any atom is -0.326 e. The molecule has 1 heterocycles. The van der Waals surface area contributed by atoms with E-state index in [0.717, 1.165) is 25.7 Å². The van der Waals surface area contributed by atoms with E-state index in [1.807, 2.05) is 0 Å². The van der Waals surface area contributed by atoms with Crippen molar-refractivity contribution in [3.8, 4) is 0 Å². The van der Waals surface area contributed by atoms with E-state index in [1.54, 1.807) is 19.1 Å². The van der Waals surface area contributed by atoms with Gasteiger partial charge in [0, 0.05) is 18.7 Å². The third kappa shape index (κ3) is 3.18. The number of amides is 3. The van der Waals surface area contributed by atoms with Gasteiger partial charge in [0.05, 0.1) is 11.8 Å². The quantitative estimate of drug-likeness (QED) is 0.862. The van der Waals surface area contributed by atoms with Gasteiger partial charge in [-0.3, -0.25) is 19.3 Å². The number of halogens is 1. The molecule has 1 N–H and O–H groups in total. The van der Waals surface area contributed by atoms with Gasteiger partial charge in [0.1, 0.15) is 5.82 Å². The predicted octanol–water partition coefficient (Wildman–Crippen LogP) is 2.64. The van der Waals surface area contributed by atoms with Crippen LogP contribution in [-0.4, -0.2) is 29.2 Å². The summed E-state index contributed by atoms with van der Waals surface area (Å²) in [7, 11) is 0. The molecule has 0 spiro atoms. The van der Waals surface area contributed by atoms with E-state index in [2.05, 4.69) is 5.32 Å². The lowest BCUT2D eigenvalue weighted by atomic mass is 9.81. The van der Waals surface area contributed by atoms with Crippen LogP contribution in [0.2, 0.25) is 0 Å². The van der Waals surface area contributed by atoms with Gasteiger partial charge in [0.15, 0.2) is 0 Å². The minimum atomic E-state index is -0.387. The number of carbonyl (C=O) groups is 3. The highest BCUT2D eigenvalue weighted by Crippen LogP contribution is 2.37. The number of nitrogens with one attached hydrogen (secondary N) is 1. The molecule has 1 aliphatic heterocycles. The summed E-state index contributed by atoms with van der Waals surface area (Å²) in [5.74, 6) is -1.39. The largest absolute Gasteiger partial charge is 0.326 e.